The maximum Gasteiger partial charge on any atom is 0.0161 e. The van der Waals surface area contributed by atoms with Crippen LogP contribution in [0.1, 0.15) is 39.0 Å². The van der Waals surface area contributed by atoms with Gasteiger partial charge in [0.25, 0.3) is 0 Å². The van der Waals surface area contributed by atoms with Gasteiger partial charge >= 0.3 is 0 Å². The van der Waals surface area contributed by atoms with Gasteiger partial charge in [0.15, 0.2) is 0 Å². The Kier molecular flexibility index (Phi) is 3.81. The summed E-state index contributed by atoms with van der Waals surface area (Å²) in [7, 11) is 0. The second kappa shape index (κ2) is 4.73. The highest BCUT2D eigenvalue weighted by atomic mass is 14.8. The van der Waals surface area contributed by atoms with Crippen molar-refractivity contribution >= 4 is 0 Å². The first kappa shape index (κ1) is 8.06. The van der Waals surface area contributed by atoms with Crippen LogP contribution in [0, 0.1) is 5.92 Å². The normalized spacial score (nSPS) is 21.3. The van der Waals surface area contributed by atoms with Gasteiger partial charge in [0.1, 0.15) is 0 Å². The molecule has 0 unspecified atom stereocenters. The second-order valence-corrected chi connectivity index (χ2v) is 3.23. The van der Waals surface area contributed by atoms with E-state index < -0.39 is 0 Å². The van der Waals surface area contributed by atoms with Gasteiger partial charge in [-0.3, -0.25) is 0 Å². The predicted octanol–water partition coefficient (Wildman–Crippen LogP) is 2.19. The molecule has 0 heterocycles. The molecule has 0 N–H and O–H groups in total. The van der Waals surface area contributed by atoms with Crippen molar-refractivity contribution in [3.05, 3.63) is 0 Å². The maximum absolute atomic E-state index is 4.40. The minimum Gasteiger partial charge on any atom is -0.242 e. The van der Waals surface area contributed by atoms with Crippen molar-refractivity contribution < 1.29 is 0 Å². The molecule has 59 valence electrons. The molecule has 0 bridgehead atoms. The van der Waals surface area contributed by atoms with E-state index in [1.165, 1.54) is 32.1 Å². The topological polar surface area (TPSA) is 14.1 Å². The van der Waals surface area contributed by atoms with Crippen molar-refractivity contribution in [3.8, 4) is 0 Å². The van der Waals surface area contributed by atoms with E-state index in [-0.39, 0.29) is 0 Å². The summed E-state index contributed by atoms with van der Waals surface area (Å²) in [4.78, 5) is 0. The van der Waals surface area contributed by atoms with Gasteiger partial charge in [0.05, 0.1) is 0 Å². The first-order valence-corrected chi connectivity index (χ1v) is 4.56. The minimum absolute atomic E-state index is 0.939. The fraction of sp³-hybridized carbons (Fsp3) is 1.00. The highest BCUT2D eigenvalue weighted by Gasteiger charge is 2.12. The Labute approximate surface area is 64.2 Å². The van der Waals surface area contributed by atoms with E-state index in [0.717, 1.165) is 19.0 Å². The van der Waals surface area contributed by atoms with Crippen LogP contribution in [0.3, 0.4) is 0 Å². The summed E-state index contributed by atoms with van der Waals surface area (Å²) in [5.74, 6) is 0.939. The van der Waals surface area contributed by atoms with Crippen molar-refractivity contribution in [2.45, 2.75) is 39.0 Å². The lowest BCUT2D eigenvalue weighted by molar-refractivity contribution is 0.342. The molecular formula is C9H18N. The third kappa shape index (κ3) is 2.70. The third-order valence-electron chi connectivity index (χ3n) is 2.34. The minimum atomic E-state index is 0.939. The fourth-order valence-electron chi connectivity index (χ4n) is 1.68. The van der Waals surface area contributed by atoms with Crippen LogP contribution < -0.4 is 5.32 Å². The lowest BCUT2D eigenvalue weighted by Gasteiger charge is -2.20. The molecule has 1 aliphatic rings. The molecule has 1 aliphatic carbocycles. The Morgan fingerprint density at radius 3 is 2.50 bits per heavy atom. The smallest absolute Gasteiger partial charge is 0.0161 e. The van der Waals surface area contributed by atoms with Gasteiger partial charge in [-0.15, -0.1) is 0 Å². The molecule has 0 amide bonds. The quantitative estimate of drug-likeness (QED) is 0.570. The van der Waals surface area contributed by atoms with E-state index in [9.17, 15) is 0 Å². The van der Waals surface area contributed by atoms with Gasteiger partial charge in [-0.25, -0.2) is 5.32 Å². The molecule has 1 nitrogen and oxygen atoms in total. The van der Waals surface area contributed by atoms with Crippen LogP contribution in [0.5, 0.6) is 0 Å². The molecule has 1 saturated carbocycles. The summed E-state index contributed by atoms with van der Waals surface area (Å²) in [5.41, 5.74) is 0. The average molecular weight is 140 g/mol. The summed E-state index contributed by atoms with van der Waals surface area (Å²) in [6.07, 6.45) is 7.23. The molecule has 0 aromatic rings. The molecule has 1 heteroatoms. The molecule has 10 heavy (non-hydrogen) atoms. The second-order valence-electron chi connectivity index (χ2n) is 3.23. The highest BCUT2D eigenvalue weighted by Crippen LogP contribution is 2.22. The largest absolute Gasteiger partial charge is 0.242 e. The lowest BCUT2D eigenvalue weighted by atomic mass is 9.89. The van der Waals surface area contributed by atoms with Crippen LogP contribution in [0.4, 0.5) is 0 Å². The summed E-state index contributed by atoms with van der Waals surface area (Å²) < 4.78 is 0. The van der Waals surface area contributed by atoms with Crippen LogP contribution in [0.2, 0.25) is 0 Å². The predicted molar refractivity (Wildman–Crippen MR) is 44.1 cm³/mol. The van der Waals surface area contributed by atoms with Gasteiger partial charge in [0.2, 0.25) is 0 Å². The molecule has 0 saturated heterocycles. The van der Waals surface area contributed by atoms with E-state index in [4.69, 9.17) is 0 Å². The Bertz CT molecular complexity index is 74.8. The summed E-state index contributed by atoms with van der Waals surface area (Å²) in [6.45, 7) is 4.27. The zero-order chi connectivity index (χ0) is 7.23. The van der Waals surface area contributed by atoms with Crippen LogP contribution in [0.25, 0.3) is 0 Å². The highest BCUT2D eigenvalue weighted by molar-refractivity contribution is 4.66. The molecule has 0 atom stereocenters. The Balaban J connectivity index is 2.02. The van der Waals surface area contributed by atoms with Gasteiger partial charge in [-0.2, -0.15) is 0 Å². The number of nitrogens with zero attached hydrogens (tertiary/aromatic N) is 1. The van der Waals surface area contributed by atoms with Crippen LogP contribution in [-0.2, 0) is 0 Å². The fourth-order valence-corrected chi connectivity index (χ4v) is 1.68. The molecule has 0 aliphatic heterocycles. The number of hydrogen-bond donors (Lipinski definition) is 0. The Morgan fingerprint density at radius 2 is 1.90 bits per heavy atom. The van der Waals surface area contributed by atoms with Gasteiger partial charge < -0.3 is 0 Å². The molecular weight excluding hydrogens is 122 g/mol. The SMILES string of the molecule is CC[N]CC1CCCCC1. The van der Waals surface area contributed by atoms with Gasteiger partial charge in [-0.1, -0.05) is 26.2 Å². The maximum atomic E-state index is 4.40. The zero-order valence-electron chi connectivity index (χ0n) is 6.97. The summed E-state index contributed by atoms with van der Waals surface area (Å²) >= 11 is 0. The molecule has 0 aromatic carbocycles. The summed E-state index contributed by atoms with van der Waals surface area (Å²) in [6, 6.07) is 0. The van der Waals surface area contributed by atoms with Crippen molar-refractivity contribution in [1.82, 2.24) is 5.32 Å². The van der Waals surface area contributed by atoms with Crippen molar-refractivity contribution in [2.75, 3.05) is 13.1 Å². The molecule has 0 spiro atoms. The van der Waals surface area contributed by atoms with E-state index in [1.807, 2.05) is 0 Å². The Hall–Kier alpha value is -0.0400. The molecule has 0 aromatic heterocycles. The molecule has 1 fully saturated rings. The van der Waals surface area contributed by atoms with E-state index >= 15 is 0 Å². The number of rotatable bonds is 3. The van der Waals surface area contributed by atoms with E-state index in [0.29, 0.717) is 0 Å². The monoisotopic (exact) mass is 140 g/mol. The lowest BCUT2D eigenvalue weighted by Crippen LogP contribution is -2.18. The van der Waals surface area contributed by atoms with Crippen molar-refractivity contribution in [1.29, 1.82) is 0 Å². The van der Waals surface area contributed by atoms with E-state index in [1.54, 1.807) is 0 Å². The molecule has 1 rings (SSSR count). The standard InChI is InChI=1S/C9H18N/c1-2-10-8-9-6-4-3-5-7-9/h9H,2-8H2,1H3. The number of hydrogen-bond acceptors (Lipinski definition) is 0. The van der Waals surface area contributed by atoms with Crippen LogP contribution in [0.15, 0.2) is 0 Å². The van der Waals surface area contributed by atoms with Crippen molar-refractivity contribution in [2.24, 2.45) is 5.92 Å². The van der Waals surface area contributed by atoms with Gasteiger partial charge in [0, 0.05) is 13.1 Å². The first-order chi connectivity index (χ1) is 4.93. The third-order valence-corrected chi connectivity index (χ3v) is 2.34. The van der Waals surface area contributed by atoms with Gasteiger partial charge in [-0.05, 0) is 18.8 Å². The summed E-state index contributed by atoms with van der Waals surface area (Å²) in [5, 5.41) is 4.40. The average Bonchev–Trinajstić information content (AvgIpc) is 2.03. The first-order valence-electron chi connectivity index (χ1n) is 4.56. The van der Waals surface area contributed by atoms with Crippen LogP contribution >= 0.6 is 0 Å². The Morgan fingerprint density at radius 1 is 1.20 bits per heavy atom. The molecule has 1 radical (unpaired) electrons. The van der Waals surface area contributed by atoms with Crippen molar-refractivity contribution in [3.63, 3.8) is 0 Å². The zero-order valence-corrected chi connectivity index (χ0v) is 6.97. The van der Waals surface area contributed by atoms with E-state index in [2.05, 4.69) is 12.2 Å². The van der Waals surface area contributed by atoms with Crippen LogP contribution in [-0.4, -0.2) is 13.1 Å².